The van der Waals surface area contributed by atoms with E-state index in [1.165, 1.54) is 131 Å². The molecule has 500 valence electrons. The van der Waals surface area contributed by atoms with Gasteiger partial charge in [0, 0.05) is 4.47 Å². The number of benzene rings is 18. The number of halogens is 1. The van der Waals surface area contributed by atoms with E-state index in [0.29, 0.717) is 5.46 Å². The van der Waals surface area contributed by atoms with Gasteiger partial charge in [-0.3, -0.25) is 0 Å². The zero-order valence-corrected chi connectivity index (χ0v) is 58.7. The van der Waals surface area contributed by atoms with Gasteiger partial charge in [-0.05, 0) is 187 Å². The Morgan fingerprint density at radius 1 is 0.286 bits per heavy atom. The van der Waals surface area contributed by atoms with Crippen LogP contribution in [-0.2, 0) is 0 Å². The van der Waals surface area contributed by atoms with Crippen LogP contribution in [-0.4, -0.2) is 17.2 Å². The maximum absolute atomic E-state index is 10.2. The third kappa shape index (κ3) is 13.9. The van der Waals surface area contributed by atoms with Gasteiger partial charge >= 0.3 is 7.12 Å². The van der Waals surface area contributed by atoms with Crippen LogP contribution in [0.4, 0.5) is 0 Å². The molecule has 0 saturated heterocycles. The van der Waals surface area contributed by atoms with Gasteiger partial charge in [0.15, 0.2) is 0 Å². The summed E-state index contributed by atoms with van der Waals surface area (Å²) in [6.07, 6.45) is 12.1. The van der Waals surface area contributed by atoms with E-state index < -0.39 is 7.12 Å². The molecule has 0 unspecified atom stereocenters. The van der Waals surface area contributed by atoms with E-state index in [-0.39, 0.29) is 7.43 Å². The van der Waals surface area contributed by atoms with Crippen molar-refractivity contribution >= 4 is 126 Å². The maximum atomic E-state index is 10.2. The first-order chi connectivity index (χ1) is 51.3. The number of allylic oxidation sites excluding steroid dienone is 6. The molecule has 2 nitrogen and oxygen atoms in total. The Morgan fingerprint density at radius 2 is 0.619 bits per heavy atom. The van der Waals surface area contributed by atoms with Crippen molar-refractivity contribution in [1.82, 2.24) is 0 Å². The van der Waals surface area contributed by atoms with Crippen molar-refractivity contribution in [3.63, 3.8) is 0 Å². The molecule has 0 fully saturated rings. The molecule has 18 rings (SSSR count). The van der Waals surface area contributed by atoms with Crippen LogP contribution in [0.25, 0.3) is 165 Å². The van der Waals surface area contributed by atoms with Crippen molar-refractivity contribution in [3.8, 4) is 66.8 Å². The van der Waals surface area contributed by atoms with E-state index in [2.05, 4.69) is 332 Å². The second-order valence-electron chi connectivity index (χ2n) is 26.1. The van der Waals surface area contributed by atoms with Crippen molar-refractivity contribution in [1.29, 1.82) is 0 Å². The van der Waals surface area contributed by atoms with Gasteiger partial charge in [0.2, 0.25) is 0 Å². The Bertz CT molecular complexity index is 6190. The van der Waals surface area contributed by atoms with E-state index in [1.807, 2.05) is 91.0 Å². The minimum Gasteiger partial charge on any atom is -0.423 e. The minimum atomic E-state index is -1.54. The fraction of sp³-hybridized carbons (Fsp3) is 0.00990. The van der Waals surface area contributed by atoms with Gasteiger partial charge in [-0.25, -0.2) is 0 Å². The summed E-state index contributed by atoms with van der Waals surface area (Å²) in [6.45, 7) is 3.78. The van der Waals surface area contributed by atoms with Crippen LogP contribution in [0.5, 0.6) is 0 Å². The van der Waals surface area contributed by atoms with E-state index in [1.54, 1.807) is 0 Å². The van der Waals surface area contributed by atoms with Crippen LogP contribution in [0.3, 0.4) is 0 Å². The highest BCUT2D eigenvalue weighted by Gasteiger charge is 2.23. The van der Waals surface area contributed by atoms with Crippen LogP contribution in [0.15, 0.2) is 405 Å². The molecular formula is C101H74BBrO2. The number of fused-ring (bicyclic) bond motifs is 9. The molecule has 0 aliphatic carbocycles. The normalized spacial score (nSPS) is 11.5. The summed E-state index contributed by atoms with van der Waals surface area (Å²) < 4.78 is 1.08. The maximum Gasteiger partial charge on any atom is 0.489 e. The third-order valence-electron chi connectivity index (χ3n) is 19.9. The summed E-state index contributed by atoms with van der Waals surface area (Å²) in [6, 6.07) is 129. The highest BCUT2D eigenvalue weighted by Crippen LogP contribution is 2.46. The largest absolute Gasteiger partial charge is 0.489 e. The molecule has 2 N–H and O–H groups in total. The molecule has 0 saturated carbocycles. The predicted molar refractivity (Wildman–Crippen MR) is 459 cm³/mol. The molecule has 105 heavy (non-hydrogen) atoms. The third-order valence-corrected chi connectivity index (χ3v) is 20.5. The van der Waals surface area contributed by atoms with Crippen molar-refractivity contribution in [3.05, 3.63) is 417 Å². The van der Waals surface area contributed by atoms with Crippen molar-refractivity contribution in [2.45, 2.75) is 7.43 Å². The van der Waals surface area contributed by atoms with Crippen LogP contribution in [0.1, 0.15) is 18.6 Å². The number of hydrogen-bond acceptors (Lipinski definition) is 2. The molecule has 0 atom stereocenters. The molecule has 0 aromatic heterocycles. The Labute approximate surface area is 622 Å². The second kappa shape index (κ2) is 31.0. The van der Waals surface area contributed by atoms with E-state index in [0.717, 1.165) is 42.7 Å². The van der Waals surface area contributed by atoms with Crippen molar-refractivity contribution in [2.75, 3.05) is 0 Å². The SMILES string of the molecule is C.C=C/C=C(/C=C\C=C\c1ccccc1)c1ccc(Br)cc1.OB(O)c1c2ccccc2c(-c2ccc(-c3cccc4ccccc34)cc2)c2ccccc12.c1ccc2c(-c3ccc(-c4c5ccccc5c(-c5ccc(-c6cccc7c6ccc6ccccc67)cc5)c5ccccc45)cc3)cccc2c1. The van der Waals surface area contributed by atoms with Gasteiger partial charge in [0.05, 0.1) is 0 Å². The molecule has 0 spiro atoms. The summed E-state index contributed by atoms with van der Waals surface area (Å²) in [5.41, 5.74) is 18.6. The Kier molecular flexibility index (Phi) is 20.1. The summed E-state index contributed by atoms with van der Waals surface area (Å²) >= 11 is 3.45. The minimum absolute atomic E-state index is 0. The van der Waals surface area contributed by atoms with Crippen molar-refractivity contribution in [2.24, 2.45) is 0 Å². The molecule has 0 radical (unpaired) electrons. The molecule has 18 aromatic carbocycles. The molecule has 4 heteroatoms. The van der Waals surface area contributed by atoms with E-state index >= 15 is 0 Å². The lowest BCUT2D eigenvalue weighted by Crippen LogP contribution is -2.31. The monoisotopic (exact) mass is 1410 g/mol. The average molecular weight is 1410 g/mol. The fourth-order valence-electron chi connectivity index (χ4n) is 15.1. The first-order valence-corrected chi connectivity index (χ1v) is 36.0. The lowest BCUT2D eigenvalue weighted by atomic mass is 9.72. The summed E-state index contributed by atoms with van der Waals surface area (Å²) in [5.74, 6) is 0. The second-order valence-corrected chi connectivity index (χ2v) is 27.0. The van der Waals surface area contributed by atoms with Gasteiger partial charge in [0.25, 0.3) is 0 Å². The van der Waals surface area contributed by atoms with Gasteiger partial charge < -0.3 is 10.0 Å². The van der Waals surface area contributed by atoms with Crippen molar-refractivity contribution < 1.29 is 10.0 Å². The smallest absolute Gasteiger partial charge is 0.423 e. The first kappa shape index (κ1) is 68.2. The highest BCUT2D eigenvalue weighted by molar-refractivity contribution is 9.10. The van der Waals surface area contributed by atoms with Gasteiger partial charge in [-0.1, -0.05) is 418 Å². The van der Waals surface area contributed by atoms with Gasteiger partial charge in [0.1, 0.15) is 0 Å². The first-order valence-electron chi connectivity index (χ1n) is 35.2. The summed E-state index contributed by atoms with van der Waals surface area (Å²) in [4.78, 5) is 0. The Balaban J connectivity index is 0.000000139. The van der Waals surface area contributed by atoms with Crippen LogP contribution < -0.4 is 5.46 Å². The predicted octanol–water partition coefficient (Wildman–Crippen LogP) is 27.2. The van der Waals surface area contributed by atoms with Crippen LogP contribution in [0.2, 0.25) is 0 Å². The molecule has 0 aliphatic heterocycles. The van der Waals surface area contributed by atoms with Crippen LogP contribution in [0, 0.1) is 0 Å². The topological polar surface area (TPSA) is 40.5 Å². The zero-order chi connectivity index (χ0) is 70.3. The molecule has 18 aromatic rings. The molecule has 0 bridgehead atoms. The van der Waals surface area contributed by atoms with Gasteiger partial charge in [-0.2, -0.15) is 0 Å². The standard InChI is InChI=1S/C50H32.C30H21BO2.C20H17Br.CH4/c1-3-14-39-33(11-1)13-9-20-40(39)35-23-27-37(28-24-35)49-45-16-5-7-18-47(45)50(48-19-8-6-17-46(48)49)38-29-25-36(26-30-38)42-21-10-22-43-41-15-4-2-12-34(41)31-32-44(42)43;32-31(33)30-27-13-5-3-11-25(27)29(26-12-4-6-14-28(26)30)22-18-16-21(17-19-22)24-15-7-9-20-8-1-2-10-23(20)24;1-2-8-18(19-13-15-20(21)16-14-19)12-7-6-11-17-9-4-3-5-10-17;/h1-32H;1-19,32-33H;2-16H,1H2;1H4/b;;11-6+,12-7-,18-8-;. The Hall–Kier alpha value is -12.5. The lowest BCUT2D eigenvalue weighted by Gasteiger charge is -2.18. The highest BCUT2D eigenvalue weighted by atomic mass is 79.9. The average Bonchev–Trinajstić information content (AvgIpc) is 0.746. The van der Waals surface area contributed by atoms with E-state index in [9.17, 15) is 10.0 Å². The molecule has 0 heterocycles. The van der Waals surface area contributed by atoms with E-state index in [4.69, 9.17) is 0 Å². The molecule has 0 aliphatic rings. The fourth-order valence-corrected chi connectivity index (χ4v) is 15.4. The molecule has 0 amide bonds. The van der Waals surface area contributed by atoms with Crippen LogP contribution >= 0.6 is 15.9 Å². The Morgan fingerprint density at radius 3 is 1.05 bits per heavy atom. The molecular weight excluding hydrogens is 1340 g/mol. The lowest BCUT2D eigenvalue weighted by molar-refractivity contribution is 0.426. The number of hydrogen-bond donors (Lipinski definition) is 2. The van der Waals surface area contributed by atoms with Gasteiger partial charge in [-0.15, -0.1) is 0 Å². The summed E-state index contributed by atoms with van der Waals surface area (Å²) in [7, 11) is -1.54. The zero-order valence-electron chi connectivity index (χ0n) is 57.2. The quantitative estimate of drug-likeness (QED) is 0.0554. The number of rotatable bonds is 12. The summed E-state index contributed by atoms with van der Waals surface area (Å²) in [5, 5.41) is 39.3.